The molecule has 27 heavy (non-hydrogen) atoms. The minimum absolute atomic E-state index is 0.288. The summed E-state index contributed by atoms with van der Waals surface area (Å²) in [6.07, 6.45) is 3.85. The molecule has 0 unspecified atom stereocenters. The Hall–Kier alpha value is -3.06. The molecule has 0 saturated heterocycles. The Balaban J connectivity index is 1.48. The molecule has 0 radical (unpaired) electrons. The second kappa shape index (κ2) is 8.55. The number of carbonyl (C=O) groups is 1. The van der Waals surface area contributed by atoms with Crippen molar-refractivity contribution in [2.45, 2.75) is 13.8 Å². The molecule has 140 valence electrons. The highest BCUT2D eigenvalue weighted by Crippen LogP contribution is 2.19. The van der Waals surface area contributed by atoms with Gasteiger partial charge in [0.25, 0.3) is 0 Å². The Morgan fingerprint density at radius 2 is 1.89 bits per heavy atom. The van der Waals surface area contributed by atoms with Gasteiger partial charge in [0.15, 0.2) is 0 Å². The zero-order valence-electron chi connectivity index (χ0n) is 15.2. The largest absolute Gasteiger partial charge is 0.368 e. The first kappa shape index (κ1) is 18.7. The predicted molar refractivity (Wildman–Crippen MR) is 108 cm³/mol. The van der Waals surface area contributed by atoms with Gasteiger partial charge in [-0.15, -0.1) is 0 Å². The van der Waals surface area contributed by atoms with Gasteiger partial charge in [0.1, 0.15) is 17.5 Å². The summed E-state index contributed by atoms with van der Waals surface area (Å²) in [4.78, 5) is 20.7. The van der Waals surface area contributed by atoms with Crippen LogP contribution in [0.25, 0.3) is 5.82 Å². The number of aryl methyl sites for hydroxylation is 2. The van der Waals surface area contributed by atoms with Crippen molar-refractivity contribution in [1.29, 1.82) is 0 Å². The third kappa shape index (κ3) is 5.21. The van der Waals surface area contributed by atoms with Gasteiger partial charge >= 0.3 is 6.03 Å². The van der Waals surface area contributed by atoms with Crippen LogP contribution in [0.3, 0.4) is 0 Å². The standard InChI is InChI=1S/C19H21ClN6O/c1-13-5-6-15(11-16(13)20)25-19(27)22-8-7-21-17-12-18(24-14(2)23-17)26-9-3-4-10-26/h3-6,9-12H,7-8H2,1-2H3,(H,21,23,24)(H2,22,25,27). The fourth-order valence-corrected chi connectivity index (χ4v) is 2.66. The van der Waals surface area contributed by atoms with Gasteiger partial charge < -0.3 is 20.5 Å². The maximum absolute atomic E-state index is 12.0. The minimum Gasteiger partial charge on any atom is -0.368 e. The van der Waals surface area contributed by atoms with Crippen LogP contribution in [0.2, 0.25) is 5.02 Å². The summed E-state index contributed by atoms with van der Waals surface area (Å²) in [5.74, 6) is 2.17. The Morgan fingerprint density at radius 3 is 2.63 bits per heavy atom. The quantitative estimate of drug-likeness (QED) is 0.565. The van der Waals surface area contributed by atoms with Crippen molar-refractivity contribution in [2.24, 2.45) is 0 Å². The summed E-state index contributed by atoms with van der Waals surface area (Å²) >= 11 is 6.06. The van der Waals surface area contributed by atoms with Crippen LogP contribution in [-0.2, 0) is 0 Å². The number of aromatic nitrogens is 3. The van der Waals surface area contributed by atoms with Crippen molar-refractivity contribution in [1.82, 2.24) is 19.9 Å². The SMILES string of the molecule is Cc1nc(NCCNC(=O)Nc2ccc(C)c(Cl)c2)cc(-n2cccc2)n1. The second-order valence-electron chi connectivity index (χ2n) is 6.02. The Bertz CT molecular complexity index is 926. The van der Waals surface area contributed by atoms with Gasteiger partial charge in [-0.05, 0) is 43.7 Å². The maximum atomic E-state index is 12.0. The molecule has 1 aromatic carbocycles. The van der Waals surface area contributed by atoms with Gasteiger partial charge in [0.05, 0.1) is 0 Å². The number of urea groups is 1. The minimum atomic E-state index is -0.288. The summed E-state index contributed by atoms with van der Waals surface area (Å²) in [5, 5.41) is 9.36. The Labute approximate surface area is 162 Å². The van der Waals surface area contributed by atoms with Crippen LogP contribution in [0.15, 0.2) is 48.8 Å². The summed E-state index contributed by atoms with van der Waals surface area (Å²) in [6.45, 7) is 4.72. The first-order valence-corrected chi connectivity index (χ1v) is 8.93. The van der Waals surface area contributed by atoms with E-state index in [9.17, 15) is 4.79 Å². The molecule has 0 atom stereocenters. The van der Waals surface area contributed by atoms with Crippen LogP contribution in [0, 0.1) is 13.8 Å². The topological polar surface area (TPSA) is 83.9 Å². The van der Waals surface area contributed by atoms with Crippen LogP contribution in [0.5, 0.6) is 0 Å². The third-order valence-electron chi connectivity index (χ3n) is 3.84. The van der Waals surface area contributed by atoms with E-state index >= 15 is 0 Å². The zero-order valence-corrected chi connectivity index (χ0v) is 15.9. The first-order chi connectivity index (χ1) is 13.0. The van der Waals surface area contributed by atoms with Crippen molar-refractivity contribution in [3.63, 3.8) is 0 Å². The number of hydrogen-bond acceptors (Lipinski definition) is 4. The molecule has 2 amide bonds. The lowest BCUT2D eigenvalue weighted by molar-refractivity contribution is 0.252. The summed E-state index contributed by atoms with van der Waals surface area (Å²) in [7, 11) is 0. The molecule has 3 N–H and O–H groups in total. The van der Waals surface area contributed by atoms with Crippen LogP contribution < -0.4 is 16.0 Å². The van der Waals surface area contributed by atoms with Crippen molar-refractivity contribution >= 4 is 29.1 Å². The number of carbonyl (C=O) groups excluding carboxylic acids is 1. The van der Waals surface area contributed by atoms with E-state index in [0.29, 0.717) is 35.4 Å². The highest BCUT2D eigenvalue weighted by molar-refractivity contribution is 6.31. The van der Waals surface area contributed by atoms with E-state index in [-0.39, 0.29) is 6.03 Å². The maximum Gasteiger partial charge on any atom is 0.319 e. The van der Waals surface area contributed by atoms with Crippen LogP contribution in [0.1, 0.15) is 11.4 Å². The van der Waals surface area contributed by atoms with Gasteiger partial charge in [-0.2, -0.15) is 0 Å². The smallest absolute Gasteiger partial charge is 0.319 e. The van der Waals surface area contributed by atoms with E-state index in [1.807, 2.05) is 61.1 Å². The van der Waals surface area contributed by atoms with E-state index in [4.69, 9.17) is 11.6 Å². The predicted octanol–water partition coefficient (Wildman–Crippen LogP) is 3.77. The number of halogens is 1. The van der Waals surface area contributed by atoms with Crippen LogP contribution >= 0.6 is 11.6 Å². The fraction of sp³-hybridized carbons (Fsp3) is 0.211. The van der Waals surface area contributed by atoms with Crippen LogP contribution in [0.4, 0.5) is 16.3 Å². The van der Waals surface area contributed by atoms with Gasteiger partial charge in [-0.1, -0.05) is 17.7 Å². The molecular formula is C19H21ClN6O. The summed E-state index contributed by atoms with van der Waals surface area (Å²) < 4.78 is 1.91. The summed E-state index contributed by atoms with van der Waals surface area (Å²) in [5.41, 5.74) is 1.62. The molecule has 8 heteroatoms. The average Bonchev–Trinajstić information content (AvgIpc) is 3.16. The van der Waals surface area contributed by atoms with Crippen molar-refractivity contribution in [2.75, 3.05) is 23.7 Å². The fourth-order valence-electron chi connectivity index (χ4n) is 2.47. The molecule has 0 spiro atoms. The molecule has 7 nitrogen and oxygen atoms in total. The normalized spacial score (nSPS) is 10.5. The number of anilines is 2. The number of benzene rings is 1. The average molecular weight is 385 g/mol. The van der Waals surface area contributed by atoms with Crippen LogP contribution in [-0.4, -0.2) is 33.7 Å². The Morgan fingerprint density at radius 1 is 1.11 bits per heavy atom. The number of nitrogens with one attached hydrogen (secondary N) is 3. The molecule has 0 aliphatic heterocycles. The lowest BCUT2D eigenvalue weighted by Gasteiger charge is -2.11. The number of amides is 2. The van der Waals surface area contributed by atoms with E-state index in [0.717, 1.165) is 11.4 Å². The number of nitrogens with zero attached hydrogens (tertiary/aromatic N) is 3. The molecule has 3 aromatic rings. The molecular weight excluding hydrogens is 364 g/mol. The summed E-state index contributed by atoms with van der Waals surface area (Å²) in [6, 6.07) is 10.8. The molecule has 0 fully saturated rings. The Kier molecular flexibility index (Phi) is 5.93. The zero-order chi connectivity index (χ0) is 19.2. The van der Waals surface area contributed by atoms with E-state index < -0.39 is 0 Å². The molecule has 2 aromatic heterocycles. The van der Waals surface area contributed by atoms with Gasteiger partial charge in [0, 0.05) is 42.3 Å². The van der Waals surface area contributed by atoms with E-state index in [1.54, 1.807) is 6.07 Å². The monoisotopic (exact) mass is 384 g/mol. The third-order valence-corrected chi connectivity index (χ3v) is 4.25. The molecule has 0 aliphatic rings. The lowest BCUT2D eigenvalue weighted by atomic mass is 10.2. The number of rotatable bonds is 6. The molecule has 3 rings (SSSR count). The number of hydrogen-bond donors (Lipinski definition) is 3. The molecule has 2 heterocycles. The van der Waals surface area contributed by atoms with Crippen molar-refractivity contribution < 1.29 is 4.79 Å². The highest BCUT2D eigenvalue weighted by atomic mass is 35.5. The second-order valence-corrected chi connectivity index (χ2v) is 6.43. The van der Waals surface area contributed by atoms with E-state index in [2.05, 4.69) is 25.9 Å². The first-order valence-electron chi connectivity index (χ1n) is 8.55. The lowest BCUT2D eigenvalue weighted by Crippen LogP contribution is -2.32. The van der Waals surface area contributed by atoms with Crippen molar-refractivity contribution in [3.05, 3.63) is 65.2 Å². The molecule has 0 bridgehead atoms. The highest BCUT2D eigenvalue weighted by Gasteiger charge is 2.05. The van der Waals surface area contributed by atoms with Crippen molar-refractivity contribution in [3.8, 4) is 5.82 Å². The van der Waals surface area contributed by atoms with E-state index in [1.165, 1.54) is 0 Å². The van der Waals surface area contributed by atoms with Gasteiger partial charge in [-0.3, -0.25) is 0 Å². The van der Waals surface area contributed by atoms with Gasteiger partial charge in [0.2, 0.25) is 0 Å². The molecule has 0 saturated carbocycles. The molecule has 0 aliphatic carbocycles. The van der Waals surface area contributed by atoms with Gasteiger partial charge in [-0.25, -0.2) is 14.8 Å².